The molecule has 1 aliphatic heterocycles. The van der Waals surface area contributed by atoms with E-state index in [4.69, 9.17) is 17.3 Å². The lowest BCUT2D eigenvalue weighted by Gasteiger charge is -2.27. The zero-order valence-electron chi connectivity index (χ0n) is 8.95. The smallest absolute Gasteiger partial charge is 0.248 e. The van der Waals surface area contributed by atoms with E-state index in [1.165, 1.54) is 12.5 Å². The third-order valence-corrected chi connectivity index (χ3v) is 2.94. The summed E-state index contributed by atoms with van der Waals surface area (Å²) in [6.45, 7) is 1.93. The Morgan fingerprint density at radius 1 is 1.31 bits per heavy atom. The molecule has 0 bridgehead atoms. The van der Waals surface area contributed by atoms with Crippen molar-refractivity contribution in [1.29, 1.82) is 0 Å². The van der Waals surface area contributed by atoms with Crippen molar-refractivity contribution in [3.63, 3.8) is 0 Å². The van der Waals surface area contributed by atoms with Crippen LogP contribution in [-0.4, -0.2) is 24.0 Å². The molecule has 86 valence electrons. The van der Waals surface area contributed by atoms with Gasteiger partial charge in [-0.2, -0.15) is 0 Å². The number of hydrogen-bond acceptors (Lipinski definition) is 3. The molecule has 4 nitrogen and oxygen atoms in total. The molecule has 2 rings (SSSR count). The molecule has 1 fully saturated rings. The average molecular weight is 240 g/mol. The molecule has 0 aromatic carbocycles. The molecule has 1 aliphatic rings. The van der Waals surface area contributed by atoms with Crippen molar-refractivity contribution in [1.82, 2.24) is 4.98 Å². The lowest BCUT2D eigenvalue weighted by molar-refractivity contribution is 0.1000. The number of amides is 1. The molecule has 0 unspecified atom stereocenters. The van der Waals surface area contributed by atoms with Crippen molar-refractivity contribution >= 4 is 23.3 Å². The Labute approximate surface area is 99.4 Å². The Kier molecular flexibility index (Phi) is 3.29. The number of halogens is 1. The summed E-state index contributed by atoms with van der Waals surface area (Å²) in [5, 5.41) is 0.317. The molecule has 2 N–H and O–H groups in total. The van der Waals surface area contributed by atoms with Gasteiger partial charge in [-0.1, -0.05) is 11.6 Å². The van der Waals surface area contributed by atoms with Crippen molar-refractivity contribution in [3.05, 3.63) is 22.8 Å². The average Bonchev–Trinajstić information content (AvgIpc) is 2.29. The lowest BCUT2D eigenvalue weighted by atomic mass is 10.1. The summed E-state index contributed by atoms with van der Waals surface area (Å²) < 4.78 is 0. The molecule has 0 atom stereocenters. The Balaban J connectivity index is 2.28. The first-order chi connectivity index (χ1) is 7.66. The summed E-state index contributed by atoms with van der Waals surface area (Å²) in [5.41, 5.74) is 5.65. The highest BCUT2D eigenvalue weighted by Crippen LogP contribution is 2.21. The summed E-state index contributed by atoms with van der Waals surface area (Å²) in [4.78, 5) is 17.5. The number of rotatable bonds is 2. The van der Waals surface area contributed by atoms with Crippen LogP contribution < -0.4 is 10.6 Å². The van der Waals surface area contributed by atoms with Gasteiger partial charge in [-0.05, 0) is 31.4 Å². The maximum atomic E-state index is 11.1. The van der Waals surface area contributed by atoms with E-state index in [1.54, 1.807) is 6.07 Å². The number of nitrogens with zero attached hydrogens (tertiary/aromatic N) is 2. The van der Waals surface area contributed by atoms with Gasteiger partial charge in [0.1, 0.15) is 11.0 Å². The van der Waals surface area contributed by atoms with Gasteiger partial charge in [0, 0.05) is 18.7 Å². The zero-order chi connectivity index (χ0) is 11.5. The van der Waals surface area contributed by atoms with Gasteiger partial charge < -0.3 is 10.6 Å². The van der Waals surface area contributed by atoms with Crippen LogP contribution in [0, 0.1) is 0 Å². The molecular formula is C11H14ClN3O. The number of anilines is 1. The van der Waals surface area contributed by atoms with E-state index in [1.807, 2.05) is 0 Å². The lowest BCUT2D eigenvalue weighted by Crippen LogP contribution is -2.30. The first-order valence-corrected chi connectivity index (χ1v) is 5.77. The first-order valence-electron chi connectivity index (χ1n) is 5.39. The van der Waals surface area contributed by atoms with Crippen LogP contribution in [0.25, 0.3) is 0 Å². The highest BCUT2D eigenvalue weighted by molar-refractivity contribution is 6.29. The van der Waals surface area contributed by atoms with Crippen LogP contribution in [0.5, 0.6) is 0 Å². The van der Waals surface area contributed by atoms with Crippen LogP contribution in [0.3, 0.4) is 0 Å². The minimum atomic E-state index is -0.470. The molecular weight excluding hydrogens is 226 g/mol. The van der Waals surface area contributed by atoms with E-state index in [0.29, 0.717) is 10.7 Å². The molecule has 1 aromatic rings. The maximum absolute atomic E-state index is 11.1. The van der Waals surface area contributed by atoms with Gasteiger partial charge >= 0.3 is 0 Å². The zero-order valence-corrected chi connectivity index (χ0v) is 9.70. The van der Waals surface area contributed by atoms with Crippen molar-refractivity contribution < 1.29 is 4.79 Å². The molecule has 0 saturated carbocycles. The summed E-state index contributed by atoms with van der Waals surface area (Å²) in [7, 11) is 0. The molecule has 0 aliphatic carbocycles. The number of piperidine rings is 1. The van der Waals surface area contributed by atoms with Gasteiger partial charge in [0.2, 0.25) is 5.91 Å². The van der Waals surface area contributed by atoms with Crippen LogP contribution >= 0.6 is 11.6 Å². The van der Waals surface area contributed by atoms with Gasteiger partial charge in [-0.25, -0.2) is 4.98 Å². The Morgan fingerprint density at radius 3 is 2.62 bits per heavy atom. The molecule has 5 heteroatoms. The third-order valence-electron chi connectivity index (χ3n) is 2.75. The van der Waals surface area contributed by atoms with Crippen LogP contribution in [0.1, 0.15) is 29.6 Å². The van der Waals surface area contributed by atoms with E-state index in [-0.39, 0.29) is 0 Å². The van der Waals surface area contributed by atoms with Crippen molar-refractivity contribution in [2.24, 2.45) is 5.73 Å². The first kappa shape index (κ1) is 11.2. The van der Waals surface area contributed by atoms with Crippen LogP contribution in [0.4, 0.5) is 5.82 Å². The highest BCUT2D eigenvalue weighted by Gasteiger charge is 2.14. The maximum Gasteiger partial charge on any atom is 0.248 e. The summed E-state index contributed by atoms with van der Waals surface area (Å²) in [6.07, 6.45) is 3.56. The minimum absolute atomic E-state index is 0.317. The SMILES string of the molecule is NC(=O)c1cc(Cl)nc(N2CCCCC2)c1. The third kappa shape index (κ3) is 2.44. The van der Waals surface area contributed by atoms with E-state index < -0.39 is 5.91 Å². The molecule has 0 spiro atoms. The van der Waals surface area contributed by atoms with Crippen LogP contribution in [-0.2, 0) is 0 Å². The minimum Gasteiger partial charge on any atom is -0.366 e. The van der Waals surface area contributed by atoms with E-state index in [2.05, 4.69) is 9.88 Å². The summed E-state index contributed by atoms with van der Waals surface area (Å²) in [5.74, 6) is 0.281. The van der Waals surface area contributed by atoms with Gasteiger partial charge in [0.15, 0.2) is 0 Å². The molecule has 2 heterocycles. The fourth-order valence-electron chi connectivity index (χ4n) is 1.91. The van der Waals surface area contributed by atoms with E-state index in [0.717, 1.165) is 31.7 Å². The Morgan fingerprint density at radius 2 is 2.00 bits per heavy atom. The van der Waals surface area contributed by atoms with Crippen molar-refractivity contribution in [2.45, 2.75) is 19.3 Å². The number of carbonyl (C=O) groups is 1. The molecule has 1 amide bonds. The highest BCUT2D eigenvalue weighted by atomic mass is 35.5. The second kappa shape index (κ2) is 4.70. The predicted molar refractivity (Wildman–Crippen MR) is 63.8 cm³/mol. The number of primary amides is 1. The number of pyridine rings is 1. The Hall–Kier alpha value is -1.29. The quantitative estimate of drug-likeness (QED) is 0.801. The van der Waals surface area contributed by atoms with Gasteiger partial charge in [0.25, 0.3) is 0 Å². The summed E-state index contributed by atoms with van der Waals surface area (Å²) in [6, 6.07) is 3.21. The number of aromatic nitrogens is 1. The predicted octanol–water partition coefficient (Wildman–Crippen LogP) is 1.82. The van der Waals surface area contributed by atoms with Gasteiger partial charge in [0.05, 0.1) is 0 Å². The summed E-state index contributed by atoms with van der Waals surface area (Å²) >= 11 is 5.87. The normalized spacial score (nSPS) is 16.2. The number of hydrogen-bond donors (Lipinski definition) is 1. The molecule has 0 radical (unpaired) electrons. The topological polar surface area (TPSA) is 59.2 Å². The monoisotopic (exact) mass is 239 g/mol. The molecule has 1 saturated heterocycles. The molecule has 16 heavy (non-hydrogen) atoms. The Bertz CT molecular complexity index is 402. The van der Waals surface area contributed by atoms with E-state index >= 15 is 0 Å². The van der Waals surface area contributed by atoms with Gasteiger partial charge in [-0.15, -0.1) is 0 Å². The van der Waals surface area contributed by atoms with Crippen LogP contribution in [0.2, 0.25) is 5.15 Å². The standard InChI is InChI=1S/C11H14ClN3O/c12-9-6-8(11(13)16)7-10(14-9)15-4-2-1-3-5-15/h6-7H,1-5H2,(H2,13,16). The number of carbonyl (C=O) groups excluding carboxylic acids is 1. The van der Waals surface area contributed by atoms with Crippen molar-refractivity contribution in [2.75, 3.05) is 18.0 Å². The fraction of sp³-hybridized carbons (Fsp3) is 0.455. The molecule has 1 aromatic heterocycles. The second-order valence-electron chi connectivity index (χ2n) is 3.95. The number of nitrogens with two attached hydrogens (primary N) is 1. The van der Waals surface area contributed by atoms with Crippen molar-refractivity contribution in [3.8, 4) is 0 Å². The van der Waals surface area contributed by atoms with E-state index in [9.17, 15) is 4.79 Å². The fourth-order valence-corrected chi connectivity index (χ4v) is 2.11. The second-order valence-corrected chi connectivity index (χ2v) is 4.34. The van der Waals surface area contributed by atoms with Crippen LogP contribution in [0.15, 0.2) is 12.1 Å². The largest absolute Gasteiger partial charge is 0.366 e. The van der Waals surface area contributed by atoms with Gasteiger partial charge in [-0.3, -0.25) is 4.79 Å².